The maximum Gasteiger partial charge on any atom is 0.260 e. The number of likely N-dealkylation sites (N-methyl/N-ethyl adjacent to an activating group) is 1. The minimum absolute atomic E-state index is 0.0763. The van der Waals surface area contributed by atoms with E-state index in [2.05, 4.69) is 36.7 Å². The van der Waals surface area contributed by atoms with Crippen molar-refractivity contribution in [2.75, 3.05) is 13.7 Å². The van der Waals surface area contributed by atoms with E-state index in [-0.39, 0.29) is 24.0 Å². The molecule has 2 atom stereocenters. The molecule has 2 unspecified atom stereocenters. The van der Waals surface area contributed by atoms with Gasteiger partial charge in [0.25, 0.3) is 5.91 Å². The van der Waals surface area contributed by atoms with E-state index in [0.29, 0.717) is 5.75 Å². The van der Waals surface area contributed by atoms with Gasteiger partial charge in [-0.2, -0.15) is 0 Å². The molecule has 2 aromatic rings. The molecular weight excluding hydrogens is 406 g/mol. The first kappa shape index (κ1) is 21.5. The van der Waals surface area contributed by atoms with Gasteiger partial charge in [0.15, 0.2) is 6.61 Å². The van der Waals surface area contributed by atoms with Crippen molar-refractivity contribution < 1.29 is 14.6 Å². The molecular formula is C22H28BrNO3. The summed E-state index contributed by atoms with van der Waals surface area (Å²) in [5.41, 5.74) is 1.71. The van der Waals surface area contributed by atoms with Crippen LogP contribution in [0.1, 0.15) is 44.9 Å². The molecule has 2 rings (SSSR count). The fourth-order valence-electron chi connectivity index (χ4n) is 2.82. The number of rotatable bonds is 6. The molecule has 0 saturated carbocycles. The zero-order chi connectivity index (χ0) is 20.2. The van der Waals surface area contributed by atoms with Crippen molar-refractivity contribution in [2.24, 2.45) is 0 Å². The normalized spacial score (nSPS) is 13.7. The Hall–Kier alpha value is -1.85. The monoisotopic (exact) mass is 433 g/mol. The Labute approximate surface area is 170 Å². The first-order valence-electron chi connectivity index (χ1n) is 9.02. The van der Waals surface area contributed by atoms with Crippen molar-refractivity contribution in [3.63, 3.8) is 0 Å². The molecule has 5 heteroatoms. The summed E-state index contributed by atoms with van der Waals surface area (Å²) in [7, 11) is 1.69. The van der Waals surface area contributed by atoms with E-state index >= 15 is 0 Å². The van der Waals surface area contributed by atoms with Crippen LogP contribution < -0.4 is 4.74 Å². The third-order valence-corrected chi connectivity index (χ3v) is 5.20. The molecule has 2 aromatic carbocycles. The minimum Gasteiger partial charge on any atom is -0.483 e. The lowest BCUT2D eigenvalue weighted by Gasteiger charge is -2.29. The molecule has 0 heterocycles. The number of aliphatic hydroxyl groups is 1. The quantitative estimate of drug-likeness (QED) is 0.717. The van der Waals surface area contributed by atoms with Crippen LogP contribution in [0.5, 0.6) is 5.75 Å². The zero-order valence-electron chi connectivity index (χ0n) is 16.6. The van der Waals surface area contributed by atoms with Gasteiger partial charge in [-0.1, -0.05) is 67.0 Å². The Morgan fingerprint density at radius 2 is 1.81 bits per heavy atom. The number of amides is 1. The van der Waals surface area contributed by atoms with Crippen LogP contribution in [0.4, 0.5) is 0 Å². The first-order chi connectivity index (χ1) is 12.6. The van der Waals surface area contributed by atoms with E-state index in [4.69, 9.17) is 4.74 Å². The van der Waals surface area contributed by atoms with E-state index in [1.54, 1.807) is 7.05 Å². The molecule has 1 N–H and O–H groups in total. The van der Waals surface area contributed by atoms with Gasteiger partial charge in [-0.05, 0) is 36.1 Å². The second-order valence-electron chi connectivity index (χ2n) is 7.78. The van der Waals surface area contributed by atoms with Gasteiger partial charge < -0.3 is 14.7 Å². The summed E-state index contributed by atoms with van der Waals surface area (Å²) in [6.07, 6.45) is -0.752. The SMILES string of the molecule is CC(C(O)c1ccccc1)N(C)C(=O)COc1ccc(Br)cc1C(C)(C)C. The summed E-state index contributed by atoms with van der Waals surface area (Å²) >= 11 is 3.49. The molecule has 0 aliphatic rings. The Morgan fingerprint density at radius 3 is 2.41 bits per heavy atom. The molecule has 0 fully saturated rings. The van der Waals surface area contributed by atoms with Crippen LogP contribution in [-0.2, 0) is 10.2 Å². The molecule has 0 radical (unpaired) electrons. The Morgan fingerprint density at radius 1 is 1.19 bits per heavy atom. The highest BCUT2D eigenvalue weighted by molar-refractivity contribution is 9.10. The second kappa shape index (κ2) is 8.89. The van der Waals surface area contributed by atoms with Crippen molar-refractivity contribution >= 4 is 21.8 Å². The van der Waals surface area contributed by atoms with Crippen LogP contribution in [-0.4, -0.2) is 35.6 Å². The minimum atomic E-state index is -0.752. The number of hydrogen-bond acceptors (Lipinski definition) is 3. The third-order valence-electron chi connectivity index (χ3n) is 4.70. The van der Waals surface area contributed by atoms with Crippen LogP contribution >= 0.6 is 15.9 Å². The number of aliphatic hydroxyl groups excluding tert-OH is 1. The predicted octanol–water partition coefficient (Wildman–Crippen LogP) is 4.71. The smallest absolute Gasteiger partial charge is 0.260 e. The van der Waals surface area contributed by atoms with Crippen LogP contribution in [0.2, 0.25) is 0 Å². The maximum atomic E-state index is 12.6. The second-order valence-corrected chi connectivity index (χ2v) is 8.70. The van der Waals surface area contributed by atoms with E-state index in [0.717, 1.165) is 15.6 Å². The number of carbonyl (C=O) groups is 1. The third kappa shape index (κ3) is 5.56. The van der Waals surface area contributed by atoms with Crippen molar-refractivity contribution in [1.29, 1.82) is 0 Å². The van der Waals surface area contributed by atoms with Gasteiger partial charge in [-0.3, -0.25) is 4.79 Å². The number of hydrogen-bond donors (Lipinski definition) is 1. The van der Waals surface area contributed by atoms with Gasteiger partial charge in [0.05, 0.1) is 12.1 Å². The molecule has 0 aliphatic carbocycles. The van der Waals surface area contributed by atoms with E-state index in [1.807, 2.05) is 55.5 Å². The Bertz CT molecular complexity index is 771. The summed E-state index contributed by atoms with van der Waals surface area (Å²) in [5, 5.41) is 10.5. The first-order valence-corrected chi connectivity index (χ1v) is 9.82. The van der Waals surface area contributed by atoms with Crippen molar-refractivity contribution in [2.45, 2.75) is 45.3 Å². The summed E-state index contributed by atoms with van der Waals surface area (Å²) in [4.78, 5) is 14.1. The van der Waals surface area contributed by atoms with Crippen molar-refractivity contribution in [3.8, 4) is 5.75 Å². The van der Waals surface area contributed by atoms with Gasteiger partial charge in [-0.25, -0.2) is 0 Å². The van der Waals surface area contributed by atoms with Gasteiger partial charge in [-0.15, -0.1) is 0 Å². The summed E-state index contributed by atoms with van der Waals surface area (Å²) in [6, 6.07) is 14.8. The number of benzene rings is 2. The fraction of sp³-hybridized carbons (Fsp3) is 0.409. The zero-order valence-corrected chi connectivity index (χ0v) is 18.2. The molecule has 4 nitrogen and oxygen atoms in total. The van der Waals surface area contributed by atoms with E-state index in [1.165, 1.54) is 4.90 Å². The topological polar surface area (TPSA) is 49.8 Å². The largest absolute Gasteiger partial charge is 0.483 e. The van der Waals surface area contributed by atoms with E-state index < -0.39 is 6.10 Å². The maximum absolute atomic E-state index is 12.6. The van der Waals surface area contributed by atoms with Crippen LogP contribution in [0.3, 0.4) is 0 Å². The number of carbonyl (C=O) groups excluding carboxylic acids is 1. The number of nitrogens with zero attached hydrogens (tertiary/aromatic N) is 1. The lowest BCUT2D eigenvalue weighted by atomic mass is 9.86. The molecule has 0 bridgehead atoms. The van der Waals surface area contributed by atoms with Crippen LogP contribution in [0.25, 0.3) is 0 Å². The lowest BCUT2D eigenvalue weighted by Crippen LogP contribution is -2.41. The highest BCUT2D eigenvalue weighted by Gasteiger charge is 2.25. The lowest BCUT2D eigenvalue weighted by molar-refractivity contribution is -0.136. The highest BCUT2D eigenvalue weighted by Crippen LogP contribution is 2.33. The van der Waals surface area contributed by atoms with Crippen LogP contribution in [0, 0.1) is 0 Å². The Kier molecular flexibility index (Phi) is 7.06. The van der Waals surface area contributed by atoms with Gasteiger partial charge in [0, 0.05) is 17.1 Å². The molecule has 1 amide bonds. The molecule has 0 saturated heterocycles. The summed E-state index contributed by atoms with van der Waals surface area (Å²) in [6.45, 7) is 8.07. The van der Waals surface area contributed by atoms with Gasteiger partial charge in [0.2, 0.25) is 0 Å². The van der Waals surface area contributed by atoms with Gasteiger partial charge >= 0.3 is 0 Å². The summed E-state index contributed by atoms with van der Waals surface area (Å²) < 4.78 is 6.82. The standard InChI is InChI=1S/C22H28BrNO3/c1-15(21(26)16-9-7-6-8-10-16)24(5)20(25)14-27-19-12-11-17(23)13-18(19)22(2,3)4/h6-13,15,21,26H,14H2,1-5H3. The van der Waals surface area contributed by atoms with Gasteiger partial charge in [0.1, 0.15) is 5.75 Å². The highest BCUT2D eigenvalue weighted by atomic mass is 79.9. The molecule has 0 aliphatic heterocycles. The van der Waals surface area contributed by atoms with Crippen molar-refractivity contribution in [3.05, 3.63) is 64.1 Å². The molecule has 146 valence electrons. The summed E-state index contributed by atoms with van der Waals surface area (Å²) in [5.74, 6) is 0.518. The molecule has 0 aromatic heterocycles. The number of ether oxygens (including phenoxy) is 1. The predicted molar refractivity (Wildman–Crippen MR) is 112 cm³/mol. The fourth-order valence-corrected chi connectivity index (χ4v) is 3.18. The number of halogens is 1. The molecule has 0 spiro atoms. The Balaban J connectivity index is 2.05. The van der Waals surface area contributed by atoms with Crippen LogP contribution in [0.15, 0.2) is 53.0 Å². The molecule has 27 heavy (non-hydrogen) atoms. The van der Waals surface area contributed by atoms with E-state index in [9.17, 15) is 9.90 Å². The average Bonchev–Trinajstić information content (AvgIpc) is 2.64. The average molecular weight is 434 g/mol. The van der Waals surface area contributed by atoms with Crippen molar-refractivity contribution in [1.82, 2.24) is 4.90 Å².